The summed E-state index contributed by atoms with van der Waals surface area (Å²) in [6.07, 6.45) is 5.83. The Bertz CT molecular complexity index is 1070. The van der Waals surface area contributed by atoms with E-state index in [1.807, 2.05) is 37.8 Å². The minimum Gasteiger partial charge on any atom is -0.444 e. The quantitative estimate of drug-likeness (QED) is 0.713. The molecular weight excluding hydrogens is 444 g/mol. The number of aromatic amines is 1. The van der Waals surface area contributed by atoms with Crippen molar-refractivity contribution in [3.05, 3.63) is 18.0 Å². The minimum atomic E-state index is -0.504. The van der Waals surface area contributed by atoms with Crippen LogP contribution in [0.15, 0.2) is 12.1 Å². The van der Waals surface area contributed by atoms with Crippen molar-refractivity contribution in [1.29, 1.82) is 0 Å². The molecule has 1 N–H and O–H groups in total. The molecular formula is C26H38N6O3. The van der Waals surface area contributed by atoms with Gasteiger partial charge in [-0.2, -0.15) is 0 Å². The van der Waals surface area contributed by atoms with Gasteiger partial charge in [0.05, 0.1) is 11.4 Å². The Morgan fingerprint density at radius 1 is 0.943 bits per heavy atom. The second kappa shape index (κ2) is 9.66. The summed E-state index contributed by atoms with van der Waals surface area (Å²) in [6.45, 7) is 10.4. The number of nitrogens with one attached hydrogen (secondary N) is 1. The van der Waals surface area contributed by atoms with Crippen molar-refractivity contribution < 1.29 is 14.3 Å². The summed E-state index contributed by atoms with van der Waals surface area (Å²) in [5, 5.41) is 0. The third-order valence-electron chi connectivity index (χ3n) is 7.32. The molecule has 0 spiro atoms. The van der Waals surface area contributed by atoms with E-state index in [0.717, 1.165) is 81.9 Å². The number of ether oxygens (including phenoxy) is 1. The number of pyridine rings is 1. The molecule has 5 rings (SSSR count). The van der Waals surface area contributed by atoms with E-state index in [-0.39, 0.29) is 17.9 Å². The highest BCUT2D eigenvalue weighted by Gasteiger charge is 2.32. The van der Waals surface area contributed by atoms with Gasteiger partial charge in [-0.05, 0) is 71.4 Å². The molecule has 0 aromatic carbocycles. The molecule has 3 fully saturated rings. The molecule has 2 atom stereocenters. The number of hydrogen-bond acceptors (Lipinski definition) is 6. The van der Waals surface area contributed by atoms with Crippen LogP contribution in [0.2, 0.25) is 0 Å². The molecule has 0 radical (unpaired) electrons. The van der Waals surface area contributed by atoms with E-state index in [1.165, 1.54) is 0 Å². The van der Waals surface area contributed by atoms with E-state index >= 15 is 0 Å². The summed E-state index contributed by atoms with van der Waals surface area (Å²) in [5.74, 6) is 2.25. The van der Waals surface area contributed by atoms with Crippen molar-refractivity contribution in [2.45, 2.75) is 70.8 Å². The molecule has 2 amide bonds. The average Bonchev–Trinajstić information content (AvgIpc) is 3.52. The molecule has 35 heavy (non-hydrogen) atoms. The molecule has 2 aromatic heterocycles. The van der Waals surface area contributed by atoms with Gasteiger partial charge in [0.15, 0.2) is 5.65 Å². The lowest BCUT2D eigenvalue weighted by molar-refractivity contribution is -0.134. The van der Waals surface area contributed by atoms with Crippen LogP contribution in [-0.4, -0.2) is 81.6 Å². The van der Waals surface area contributed by atoms with E-state index < -0.39 is 5.60 Å². The third kappa shape index (κ3) is 5.38. The number of H-pyrrole nitrogens is 1. The molecule has 5 heterocycles. The van der Waals surface area contributed by atoms with Crippen LogP contribution in [0.4, 0.5) is 10.6 Å². The normalized spacial score (nSPS) is 23.7. The van der Waals surface area contributed by atoms with Gasteiger partial charge in [0.2, 0.25) is 5.91 Å². The highest BCUT2D eigenvalue weighted by Crippen LogP contribution is 2.29. The van der Waals surface area contributed by atoms with Gasteiger partial charge in [-0.3, -0.25) is 4.79 Å². The lowest BCUT2D eigenvalue weighted by atomic mass is 9.96. The van der Waals surface area contributed by atoms with E-state index in [2.05, 4.69) is 9.88 Å². The summed E-state index contributed by atoms with van der Waals surface area (Å²) in [7, 11) is 0. The fourth-order valence-corrected chi connectivity index (χ4v) is 5.55. The summed E-state index contributed by atoms with van der Waals surface area (Å²) in [6, 6.07) is 4.06. The third-order valence-corrected chi connectivity index (χ3v) is 7.32. The number of nitrogens with zero attached hydrogens (tertiary/aromatic N) is 5. The maximum Gasteiger partial charge on any atom is 0.410 e. The van der Waals surface area contributed by atoms with Crippen LogP contribution in [0.5, 0.6) is 0 Å². The molecule has 2 aromatic rings. The lowest BCUT2D eigenvalue weighted by Crippen LogP contribution is -2.44. The second-order valence-corrected chi connectivity index (χ2v) is 11.2. The van der Waals surface area contributed by atoms with Crippen LogP contribution in [0.25, 0.3) is 11.2 Å². The molecule has 3 saturated heterocycles. The zero-order chi connectivity index (χ0) is 24.6. The van der Waals surface area contributed by atoms with E-state index in [1.54, 1.807) is 4.90 Å². The number of hydrogen-bond donors (Lipinski definition) is 1. The number of anilines is 1. The first-order chi connectivity index (χ1) is 16.8. The van der Waals surface area contributed by atoms with Crippen molar-refractivity contribution >= 4 is 29.0 Å². The van der Waals surface area contributed by atoms with E-state index in [0.29, 0.717) is 24.6 Å². The van der Waals surface area contributed by atoms with Crippen molar-refractivity contribution in [3.8, 4) is 0 Å². The predicted octanol–water partition coefficient (Wildman–Crippen LogP) is 3.91. The predicted molar refractivity (Wildman–Crippen MR) is 134 cm³/mol. The minimum absolute atomic E-state index is 0.0511. The van der Waals surface area contributed by atoms with Gasteiger partial charge >= 0.3 is 6.09 Å². The first-order valence-corrected chi connectivity index (χ1v) is 13.2. The standard InChI is InChI=1S/C26H38N6O3/c1-26(2,3)35-25(34)32-15-6-8-18(16-32)22-27-20-10-11-21(28-23(20)29-22)31-14-7-9-19(17-31)24(33)30-12-4-5-13-30/h10-11,18-19H,4-9,12-17H2,1-3H3,(H,27,28,29). The first kappa shape index (κ1) is 23.9. The van der Waals surface area contributed by atoms with Crippen LogP contribution in [0.1, 0.15) is 71.0 Å². The van der Waals surface area contributed by atoms with Gasteiger partial charge in [-0.25, -0.2) is 14.8 Å². The Kier molecular flexibility index (Phi) is 6.59. The van der Waals surface area contributed by atoms with Crippen LogP contribution in [-0.2, 0) is 9.53 Å². The Hall–Kier alpha value is -2.84. The smallest absolute Gasteiger partial charge is 0.410 e. The van der Waals surface area contributed by atoms with Gasteiger partial charge in [0.25, 0.3) is 0 Å². The van der Waals surface area contributed by atoms with Crippen molar-refractivity contribution in [2.24, 2.45) is 5.92 Å². The number of carbonyl (C=O) groups is 2. The van der Waals surface area contributed by atoms with Crippen molar-refractivity contribution in [1.82, 2.24) is 24.8 Å². The monoisotopic (exact) mass is 482 g/mol. The maximum atomic E-state index is 12.9. The summed E-state index contributed by atoms with van der Waals surface area (Å²) in [4.78, 5) is 44.7. The lowest BCUT2D eigenvalue weighted by Gasteiger charge is -2.34. The molecule has 2 unspecified atom stereocenters. The molecule has 0 aliphatic carbocycles. The van der Waals surface area contributed by atoms with Crippen LogP contribution < -0.4 is 4.90 Å². The summed E-state index contributed by atoms with van der Waals surface area (Å²) < 4.78 is 5.57. The fraction of sp³-hybridized carbons (Fsp3) is 0.692. The first-order valence-electron chi connectivity index (χ1n) is 13.2. The van der Waals surface area contributed by atoms with E-state index in [4.69, 9.17) is 14.7 Å². The highest BCUT2D eigenvalue weighted by molar-refractivity contribution is 5.80. The molecule has 3 aliphatic rings. The number of fused-ring (bicyclic) bond motifs is 1. The molecule has 3 aliphatic heterocycles. The Morgan fingerprint density at radius 2 is 1.69 bits per heavy atom. The summed E-state index contributed by atoms with van der Waals surface area (Å²) in [5.41, 5.74) is 1.09. The van der Waals surface area contributed by atoms with Crippen molar-refractivity contribution in [3.63, 3.8) is 0 Å². The number of rotatable bonds is 3. The Balaban J connectivity index is 1.27. The van der Waals surface area contributed by atoms with Crippen molar-refractivity contribution in [2.75, 3.05) is 44.2 Å². The molecule has 9 nitrogen and oxygen atoms in total. The topological polar surface area (TPSA) is 94.7 Å². The number of likely N-dealkylation sites (tertiary alicyclic amines) is 2. The number of carbonyl (C=O) groups excluding carboxylic acids is 2. The van der Waals surface area contributed by atoms with Crippen LogP contribution in [0, 0.1) is 5.92 Å². The molecule has 0 saturated carbocycles. The zero-order valence-electron chi connectivity index (χ0n) is 21.3. The second-order valence-electron chi connectivity index (χ2n) is 11.2. The molecule has 9 heteroatoms. The van der Waals surface area contributed by atoms with Gasteiger partial charge in [0, 0.05) is 45.2 Å². The van der Waals surface area contributed by atoms with Gasteiger partial charge in [-0.1, -0.05) is 0 Å². The fourth-order valence-electron chi connectivity index (χ4n) is 5.55. The average molecular weight is 483 g/mol. The number of aromatic nitrogens is 3. The SMILES string of the molecule is CC(C)(C)OC(=O)N1CCCC(c2nc3nc(N4CCCC(C(=O)N5CCCC5)C4)ccc3[nH]2)C1. The largest absolute Gasteiger partial charge is 0.444 e. The maximum absolute atomic E-state index is 12.9. The van der Waals surface area contributed by atoms with Crippen LogP contribution >= 0.6 is 0 Å². The van der Waals surface area contributed by atoms with Gasteiger partial charge in [-0.15, -0.1) is 0 Å². The zero-order valence-corrected chi connectivity index (χ0v) is 21.3. The number of amides is 2. The van der Waals surface area contributed by atoms with Gasteiger partial charge in [0.1, 0.15) is 17.2 Å². The number of imidazole rings is 1. The molecule has 190 valence electrons. The highest BCUT2D eigenvalue weighted by atomic mass is 16.6. The molecule has 0 bridgehead atoms. The number of piperidine rings is 2. The van der Waals surface area contributed by atoms with Gasteiger partial charge < -0.3 is 24.4 Å². The van der Waals surface area contributed by atoms with E-state index in [9.17, 15) is 9.59 Å². The summed E-state index contributed by atoms with van der Waals surface area (Å²) >= 11 is 0. The van der Waals surface area contributed by atoms with Crippen LogP contribution in [0.3, 0.4) is 0 Å². The Labute approximate surface area is 207 Å². The Morgan fingerprint density at radius 3 is 2.46 bits per heavy atom.